The zero-order chi connectivity index (χ0) is 19.2. The van der Waals surface area contributed by atoms with Gasteiger partial charge >= 0.3 is 0 Å². The van der Waals surface area contributed by atoms with Gasteiger partial charge in [-0.2, -0.15) is 5.10 Å². The van der Waals surface area contributed by atoms with Crippen molar-refractivity contribution in [3.8, 4) is 16.8 Å². The van der Waals surface area contributed by atoms with Crippen LogP contribution in [0.4, 0.5) is 5.69 Å². The summed E-state index contributed by atoms with van der Waals surface area (Å²) in [5, 5.41) is 7.41. The van der Waals surface area contributed by atoms with E-state index in [0.29, 0.717) is 0 Å². The zero-order valence-electron chi connectivity index (χ0n) is 15.2. The first kappa shape index (κ1) is 17.5. The number of rotatable bonds is 5. The lowest BCUT2D eigenvalue weighted by Crippen LogP contribution is -2.08. The highest BCUT2D eigenvalue weighted by molar-refractivity contribution is 6.04. The summed E-state index contributed by atoms with van der Waals surface area (Å²) in [7, 11) is 0. The number of anilines is 1. The molecular formula is C24H19N3O. The smallest absolute Gasteiger partial charge is 0.248 e. The van der Waals surface area contributed by atoms with Crippen LogP contribution in [0.1, 0.15) is 5.56 Å². The fourth-order valence-electron chi connectivity index (χ4n) is 2.94. The molecule has 0 saturated carbocycles. The van der Waals surface area contributed by atoms with Gasteiger partial charge in [-0.15, -0.1) is 0 Å². The molecule has 0 unspecified atom stereocenters. The Morgan fingerprint density at radius 1 is 0.857 bits per heavy atom. The molecule has 4 aromatic rings. The Balaban J connectivity index is 1.55. The molecule has 28 heavy (non-hydrogen) atoms. The summed E-state index contributed by atoms with van der Waals surface area (Å²) >= 11 is 0. The summed E-state index contributed by atoms with van der Waals surface area (Å²) in [6, 6.07) is 27.4. The van der Waals surface area contributed by atoms with Crippen molar-refractivity contribution < 1.29 is 4.79 Å². The molecule has 4 rings (SSSR count). The lowest BCUT2D eigenvalue weighted by molar-refractivity contribution is -0.111. The molecule has 4 heteroatoms. The van der Waals surface area contributed by atoms with E-state index in [1.165, 1.54) is 0 Å². The van der Waals surface area contributed by atoms with Crippen molar-refractivity contribution in [1.29, 1.82) is 0 Å². The molecule has 1 aromatic heterocycles. The van der Waals surface area contributed by atoms with Gasteiger partial charge in [-0.05, 0) is 29.8 Å². The van der Waals surface area contributed by atoms with Crippen LogP contribution in [0.2, 0.25) is 0 Å². The van der Waals surface area contributed by atoms with Crippen LogP contribution in [0.5, 0.6) is 0 Å². The highest BCUT2D eigenvalue weighted by Crippen LogP contribution is 2.28. The number of hydrogen-bond acceptors (Lipinski definition) is 2. The van der Waals surface area contributed by atoms with Crippen LogP contribution in [0, 0.1) is 0 Å². The summed E-state index contributed by atoms with van der Waals surface area (Å²) < 4.78 is 1.82. The third kappa shape index (κ3) is 4.07. The van der Waals surface area contributed by atoms with E-state index in [4.69, 9.17) is 0 Å². The van der Waals surface area contributed by atoms with Crippen molar-refractivity contribution in [3.05, 3.63) is 109 Å². The first-order valence-electron chi connectivity index (χ1n) is 9.03. The molecule has 1 N–H and O–H groups in total. The Morgan fingerprint density at radius 2 is 1.54 bits per heavy atom. The van der Waals surface area contributed by atoms with Gasteiger partial charge in [0.05, 0.1) is 11.9 Å². The van der Waals surface area contributed by atoms with E-state index in [1.54, 1.807) is 18.3 Å². The highest BCUT2D eigenvalue weighted by Gasteiger charge is 2.09. The lowest BCUT2D eigenvalue weighted by atomic mass is 10.1. The van der Waals surface area contributed by atoms with Crippen LogP contribution in [0.25, 0.3) is 22.9 Å². The monoisotopic (exact) mass is 365 g/mol. The summed E-state index contributed by atoms with van der Waals surface area (Å²) in [5.74, 6) is -0.174. The minimum absolute atomic E-state index is 0.174. The number of nitrogens with one attached hydrogen (secondary N) is 1. The standard InChI is InChI=1S/C24H19N3O/c28-24(16-15-19-9-3-1-4-10-19)26-23-14-8-7-13-22(23)20-17-25-27(18-20)21-11-5-2-6-12-21/h1-18H,(H,26,28)/b16-15+. The molecule has 4 nitrogen and oxygen atoms in total. The number of carbonyl (C=O) groups is 1. The number of nitrogens with zero attached hydrogens (tertiary/aromatic N) is 2. The Morgan fingerprint density at radius 3 is 2.32 bits per heavy atom. The number of benzene rings is 3. The zero-order valence-corrected chi connectivity index (χ0v) is 15.2. The summed E-state index contributed by atoms with van der Waals surface area (Å²) in [4.78, 5) is 12.4. The number of para-hydroxylation sites is 2. The molecule has 136 valence electrons. The average molecular weight is 365 g/mol. The molecule has 0 spiro atoms. The SMILES string of the molecule is O=C(/C=C/c1ccccc1)Nc1ccccc1-c1cnn(-c2ccccc2)c1. The first-order chi connectivity index (χ1) is 13.8. The van der Waals surface area contributed by atoms with Crippen molar-refractivity contribution in [1.82, 2.24) is 9.78 Å². The van der Waals surface area contributed by atoms with Crippen LogP contribution in [0.3, 0.4) is 0 Å². The minimum atomic E-state index is -0.174. The molecule has 0 saturated heterocycles. The van der Waals surface area contributed by atoms with Gasteiger partial charge in [-0.3, -0.25) is 4.79 Å². The topological polar surface area (TPSA) is 46.9 Å². The van der Waals surface area contributed by atoms with E-state index in [9.17, 15) is 4.79 Å². The van der Waals surface area contributed by atoms with Gasteiger partial charge < -0.3 is 5.32 Å². The minimum Gasteiger partial charge on any atom is -0.322 e. The third-order valence-corrected chi connectivity index (χ3v) is 4.33. The fourth-order valence-corrected chi connectivity index (χ4v) is 2.94. The Kier molecular flexibility index (Phi) is 5.11. The van der Waals surface area contributed by atoms with Crippen molar-refractivity contribution in [3.63, 3.8) is 0 Å². The predicted molar refractivity (Wildman–Crippen MR) is 113 cm³/mol. The molecular weight excluding hydrogens is 346 g/mol. The third-order valence-electron chi connectivity index (χ3n) is 4.33. The van der Waals surface area contributed by atoms with Crippen LogP contribution < -0.4 is 5.32 Å². The van der Waals surface area contributed by atoms with Crippen molar-refractivity contribution in [2.75, 3.05) is 5.32 Å². The van der Waals surface area contributed by atoms with E-state index >= 15 is 0 Å². The molecule has 0 bridgehead atoms. The summed E-state index contributed by atoms with van der Waals surface area (Å²) in [6.07, 6.45) is 7.10. The molecule has 0 aliphatic carbocycles. The van der Waals surface area contributed by atoms with Crippen LogP contribution >= 0.6 is 0 Å². The normalized spacial score (nSPS) is 10.9. The summed E-state index contributed by atoms with van der Waals surface area (Å²) in [6.45, 7) is 0. The van der Waals surface area contributed by atoms with Gasteiger partial charge in [0.15, 0.2) is 0 Å². The molecule has 0 aliphatic rings. The quantitative estimate of drug-likeness (QED) is 0.495. The van der Waals surface area contributed by atoms with Crippen molar-refractivity contribution in [2.24, 2.45) is 0 Å². The van der Waals surface area contributed by atoms with Gasteiger partial charge in [0, 0.05) is 29.1 Å². The van der Waals surface area contributed by atoms with Crippen LogP contribution in [-0.2, 0) is 4.79 Å². The average Bonchev–Trinajstić information content (AvgIpc) is 3.24. The number of hydrogen-bond donors (Lipinski definition) is 1. The largest absolute Gasteiger partial charge is 0.322 e. The van der Waals surface area contributed by atoms with Crippen molar-refractivity contribution >= 4 is 17.7 Å². The Hall–Kier alpha value is -3.92. The van der Waals surface area contributed by atoms with E-state index in [2.05, 4.69) is 10.4 Å². The highest BCUT2D eigenvalue weighted by atomic mass is 16.1. The molecule has 0 atom stereocenters. The molecule has 0 fully saturated rings. The Labute approximate surface area is 163 Å². The van der Waals surface area contributed by atoms with E-state index < -0.39 is 0 Å². The van der Waals surface area contributed by atoms with Crippen molar-refractivity contribution in [2.45, 2.75) is 0 Å². The second kappa shape index (κ2) is 8.18. The Bertz CT molecular complexity index is 1100. The second-order valence-electron chi connectivity index (χ2n) is 6.29. The number of amides is 1. The molecule has 1 amide bonds. The second-order valence-corrected chi connectivity index (χ2v) is 6.29. The predicted octanol–water partition coefficient (Wildman–Crippen LogP) is 5.19. The number of carbonyl (C=O) groups excluding carboxylic acids is 1. The fraction of sp³-hybridized carbons (Fsp3) is 0. The van der Waals surface area contributed by atoms with E-state index in [-0.39, 0.29) is 5.91 Å². The molecule has 0 aliphatic heterocycles. The summed E-state index contributed by atoms with van der Waals surface area (Å²) in [5.41, 5.74) is 4.58. The molecule has 0 radical (unpaired) electrons. The molecule has 3 aromatic carbocycles. The maximum absolute atomic E-state index is 12.4. The lowest BCUT2D eigenvalue weighted by Gasteiger charge is -2.08. The maximum atomic E-state index is 12.4. The van der Waals surface area contributed by atoms with Gasteiger partial charge in [-0.1, -0.05) is 66.7 Å². The van der Waals surface area contributed by atoms with Crippen LogP contribution in [0.15, 0.2) is 103 Å². The van der Waals surface area contributed by atoms with Crippen LogP contribution in [-0.4, -0.2) is 15.7 Å². The maximum Gasteiger partial charge on any atom is 0.248 e. The first-order valence-corrected chi connectivity index (χ1v) is 9.03. The van der Waals surface area contributed by atoms with Gasteiger partial charge in [-0.25, -0.2) is 4.68 Å². The van der Waals surface area contributed by atoms with E-state index in [0.717, 1.165) is 28.1 Å². The van der Waals surface area contributed by atoms with Gasteiger partial charge in [0.2, 0.25) is 5.91 Å². The number of aromatic nitrogens is 2. The van der Waals surface area contributed by atoms with E-state index in [1.807, 2.05) is 95.8 Å². The molecule has 1 heterocycles. The van der Waals surface area contributed by atoms with Gasteiger partial charge in [0.1, 0.15) is 0 Å². The van der Waals surface area contributed by atoms with Gasteiger partial charge in [0.25, 0.3) is 0 Å².